The van der Waals surface area contributed by atoms with Gasteiger partial charge in [-0.05, 0) is 24.5 Å². The quantitative estimate of drug-likeness (QED) is 0.897. The summed E-state index contributed by atoms with van der Waals surface area (Å²) in [7, 11) is 0. The molecule has 3 nitrogen and oxygen atoms in total. The van der Waals surface area contributed by atoms with Crippen molar-refractivity contribution < 1.29 is 9.90 Å². The summed E-state index contributed by atoms with van der Waals surface area (Å²) in [6, 6.07) is 7.12. The summed E-state index contributed by atoms with van der Waals surface area (Å²) in [5.74, 6) is -0.776. The number of rotatable bonds is 3. The molecular formula is C12H14BrNO2. The largest absolute Gasteiger partial charge is 0.481 e. The molecule has 3 N–H and O–H groups in total. The molecule has 16 heavy (non-hydrogen) atoms. The van der Waals surface area contributed by atoms with Crippen LogP contribution >= 0.6 is 15.9 Å². The number of carboxylic acids is 1. The van der Waals surface area contributed by atoms with Crippen LogP contribution in [0.25, 0.3) is 0 Å². The first-order chi connectivity index (χ1) is 7.58. The van der Waals surface area contributed by atoms with Crippen molar-refractivity contribution in [3.63, 3.8) is 0 Å². The minimum absolute atomic E-state index is 0.436. The maximum atomic E-state index is 11.3. The predicted octanol–water partition coefficient (Wildman–Crippen LogP) is 2.70. The highest BCUT2D eigenvalue weighted by atomic mass is 79.9. The summed E-state index contributed by atoms with van der Waals surface area (Å²) in [6.07, 6.45) is 2.29. The molecule has 1 unspecified atom stereocenters. The molecular weight excluding hydrogens is 270 g/mol. The Bertz CT molecular complexity index is 415. The highest BCUT2D eigenvalue weighted by Gasteiger charge is 2.50. The molecule has 0 aliphatic heterocycles. The van der Waals surface area contributed by atoms with Crippen molar-refractivity contribution >= 4 is 21.9 Å². The number of benzene rings is 1. The SMILES string of the molecule is NC(c1ccccc1Br)C1(C(=O)O)CCC1. The number of halogens is 1. The fourth-order valence-corrected chi connectivity index (χ4v) is 2.77. The average molecular weight is 284 g/mol. The molecule has 0 radical (unpaired) electrons. The molecule has 0 bridgehead atoms. The van der Waals surface area contributed by atoms with Crippen molar-refractivity contribution in [3.05, 3.63) is 34.3 Å². The zero-order valence-corrected chi connectivity index (χ0v) is 10.4. The lowest BCUT2D eigenvalue weighted by molar-refractivity contribution is -0.156. The highest BCUT2D eigenvalue weighted by Crippen LogP contribution is 2.50. The second kappa shape index (κ2) is 4.18. The second-order valence-corrected chi connectivity index (χ2v) is 5.17. The van der Waals surface area contributed by atoms with Gasteiger partial charge in [-0.3, -0.25) is 4.79 Å². The second-order valence-electron chi connectivity index (χ2n) is 4.31. The van der Waals surface area contributed by atoms with Gasteiger partial charge in [0.15, 0.2) is 0 Å². The summed E-state index contributed by atoms with van der Waals surface area (Å²) in [4.78, 5) is 11.3. The Morgan fingerprint density at radius 3 is 2.50 bits per heavy atom. The summed E-state index contributed by atoms with van der Waals surface area (Å²) in [5, 5.41) is 9.31. The van der Waals surface area contributed by atoms with E-state index in [4.69, 9.17) is 5.73 Å². The molecule has 0 heterocycles. The number of aliphatic carboxylic acids is 1. The lowest BCUT2D eigenvalue weighted by Gasteiger charge is -2.42. The van der Waals surface area contributed by atoms with E-state index in [1.165, 1.54) is 0 Å². The highest BCUT2D eigenvalue weighted by molar-refractivity contribution is 9.10. The van der Waals surface area contributed by atoms with Crippen molar-refractivity contribution in [2.24, 2.45) is 11.1 Å². The van der Waals surface area contributed by atoms with E-state index < -0.39 is 17.4 Å². The molecule has 4 heteroatoms. The van der Waals surface area contributed by atoms with Crippen LogP contribution < -0.4 is 5.73 Å². The molecule has 0 spiro atoms. The molecule has 1 aliphatic carbocycles. The zero-order chi connectivity index (χ0) is 11.8. The van der Waals surface area contributed by atoms with Gasteiger partial charge in [0.25, 0.3) is 0 Å². The van der Waals surface area contributed by atoms with E-state index in [1.807, 2.05) is 24.3 Å². The first kappa shape index (κ1) is 11.6. The van der Waals surface area contributed by atoms with Crippen molar-refractivity contribution in [3.8, 4) is 0 Å². The zero-order valence-electron chi connectivity index (χ0n) is 8.82. The lowest BCUT2D eigenvalue weighted by Crippen LogP contribution is -2.46. The van der Waals surface area contributed by atoms with Crippen LogP contribution in [0.1, 0.15) is 30.9 Å². The molecule has 1 fully saturated rings. The Morgan fingerprint density at radius 2 is 2.06 bits per heavy atom. The molecule has 1 atom stereocenters. The minimum Gasteiger partial charge on any atom is -0.481 e. The van der Waals surface area contributed by atoms with Gasteiger partial charge in [-0.15, -0.1) is 0 Å². The third-order valence-corrected chi connectivity index (χ3v) is 4.23. The van der Waals surface area contributed by atoms with Gasteiger partial charge in [0.05, 0.1) is 5.41 Å². The van der Waals surface area contributed by atoms with Crippen molar-refractivity contribution in [1.29, 1.82) is 0 Å². The van der Waals surface area contributed by atoms with E-state index in [2.05, 4.69) is 15.9 Å². The Hall–Kier alpha value is -0.870. The average Bonchev–Trinajstić information content (AvgIpc) is 2.15. The summed E-state index contributed by atoms with van der Waals surface area (Å²) in [6.45, 7) is 0. The Labute approximate surface area is 103 Å². The van der Waals surface area contributed by atoms with Crippen LogP contribution in [0.15, 0.2) is 28.7 Å². The standard InChI is InChI=1S/C12H14BrNO2/c13-9-5-2-1-4-8(9)10(14)12(11(15)16)6-3-7-12/h1-2,4-5,10H,3,6-7,14H2,(H,15,16). The van der Waals surface area contributed by atoms with E-state index in [-0.39, 0.29) is 0 Å². The van der Waals surface area contributed by atoms with E-state index in [9.17, 15) is 9.90 Å². The van der Waals surface area contributed by atoms with Crippen LogP contribution in [0, 0.1) is 5.41 Å². The van der Waals surface area contributed by atoms with Crippen LogP contribution in [0.4, 0.5) is 0 Å². The van der Waals surface area contributed by atoms with Gasteiger partial charge in [0, 0.05) is 10.5 Å². The minimum atomic E-state index is -0.776. The van der Waals surface area contributed by atoms with E-state index in [0.29, 0.717) is 12.8 Å². The van der Waals surface area contributed by atoms with Gasteiger partial charge >= 0.3 is 5.97 Å². The molecule has 2 rings (SSSR count). The number of carbonyl (C=O) groups is 1. The maximum absolute atomic E-state index is 11.3. The number of carboxylic acid groups (broad SMARTS) is 1. The topological polar surface area (TPSA) is 63.3 Å². The summed E-state index contributed by atoms with van der Waals surface area (Å²) < 4.78 is 0.884. The maximum Gasteiger partial charge on any atom is 0.311 e. The third-order valence-electron chi connectivity index (χ3n) is 3.51. The van der Waals surface area contributed by atoms with Gasteiger partial charge < -0.3 is 10.8 Å². The summed E-state index contributed by atoms with van der Waals surface area (Å²) >= 11 is 3.42. The lowest BCUT2D eigenvalue weighted by atomic mass is 9.62. The van der Waals surface area contributed by atoms with Gasteiger partial charge in [-0.2, -0.15) is 0 Å². The summed E-state index contributed by atoms with van der Waals surface area (Å²) in [5.41, 5.74) is 6.25. The molecule has 0 amide bonds. The first-order valence-electron chi connectivity index (χ1n) is 5.31. The molecule has 0 aromatic heterocycles. The van der Waals surface area contributed by atoms with Crippen LogP contribution in [-0.4, -0.2) is 11.1 Å². The molecule has 0 saturated heterocycles. The van der Waals surface area contributed by atoms with Gasteiger partial charge in [0.2, 0.25) is 0 Å². The van der Waals surface area contributed by atoms with Gasteiger partial charge in [0.1, 0.15) is 0 Å². The van der Waals surface area contributed by atoms with Crippen molar-refractivity contribution in [2.75, 3.05) is 0 Å². The molecule has 1 aromatic rings. The Kier molecular flexibility index (Phi) is 3.04. The Balaban J connectivity index is 2.35. The number of nitrogens with two attached hydrogens (primary N) is 1. The normalized spacial score (nSPS) is 19.9. The Morgan fingerprint density at radius 1 is 1.44 bits per heavy atom. The van der Waals surface area contributed by atoms with E-state index in [1.54, 1.807) is 0 Å². The smallest absolute Gasteiger partial charge is 0.311 e. The number of hydrogen-bond donors (Lipinski definition) is 2. The van der Waals surface area contributed by atoms with Gasteiger partial charge in [-0.1, -0.05) is 40.5 Å². The van der Waals surface area contributed by atoms with Crippen LogP contribution in [0.5, 0.6) is 0 Å². The fourth-order valence-electron chi connectivity index (χ4n) is 2.24. The molecule has 1 saturated carbocycles. The molecule has 1 aromatic carbocycles. The predicted molar refractivity (Wildman–Crippen MR) is 65.0 cm³/mol. The van der Waals surface area contributed by atoms with Crippen molar-refractivity contribution in [2.45, 2.75) is 25.3 Å². The van der Waals surface area contributed by atoms with Crippen LogP contribution in [0.2, 0.25) is 0 Å². The van der Waals surface area contributed by atoms with Crippen LogP contribution in [-0.2, 0) is 4.79 Å². The van der Waals surface area contributed by atoms with Gasteiger partial charge in [-0.25, -0.2) is 0 Å². The molecule has 86 valence electrons. The fraction of sp³-hybridized carbons (Fsp3) is 0.417. The third kappa shape index (κ3) is 1.66. The van der Waals surface area contributed by atoms with Crippen LogP contribution in [0.3, 0.4) is 0 Å². The van der Waals surface area contributed by atoms with E-state index >= 15 is 0 Å². The monoisotopic (exact) mass is 283 g/mol. The van der Waals surface area contributed by atoms with E-state index in [0.717, 1.165) is 16.5 Å². The molecule has 1 aliphatic rings. The van der Waals surface area contributed by atoms with Crippen molar-refractivity contribution in [1.82, 2.24) is 0 Å². The first-order valence-corrected chi connectivity index (χ1v) is 6.10. The number of hydrogen-bond acceptors (Lipinski definition) is 2.